The topological polar surface area (TPSA) is 68.3 Å². The second-order valence-corrected chi connectivity index (χ2v) is 15.1. The largest absolute Gasteiger partial charge is 0.497 e. The summed E-state index contributed by atoms with van der Waals surface area (Å²) in [5, 5.41) is 13.2. The molecule has 4 aromatic carbocycles. The van der Waals surface area contributed by atoms with Gasteiger partial charge in [0.25, 0.3) is 0 Å². The number of nitrogens with one attached hydrogen (secondary N) is 2. The highest BCUT2D eigenvalue weighted by molar-refractivity contribution is 6.32. The van der Waals surface area contributed by atoms with Crippen LogP contribution in [-0.4, -0.2) is 37.3 Å². The zero-order chi connectivity index (χ0) is 38.8. The predicted molar refractivity (Wildman–Crippen MR) is 235 cm³/mol. The van der Waals surface area contributed by atoms with Gasteiger partial charge < -0.3 is 20.1 Å². The highest BCUT2D eigenvalue weighted by Gasteiger charge is 2.12. The van der Waals surface area contributed by atoms with E-state index in [0.717, 1.165) is 92.4 Å². The van der Waals surface area contributed by atoms with E-state index < -0.39 is 0 Å². The molecule has 2 heterocycles. The van der Waals surface area contributed by atoms with Crippen LogP contribution >= 0.6 is 23.2 Å². The molecule has 0 aliphatic heterocycles. The SMILES string of the molecule is COc1ccc2nc3cc(Cl)ccc3c(NCCCCCCCCCCCCCCCCCNc3c4ccc(Cl)cc4nc4ccc(OC)cc34)c2c1.[2H]C. The van der Waals surface area contributed by atoms with Gasteiger partial charge in [-0.3, -0.25) is 0 Å². The second-order valence-electron chi connectivity index (χ2n) is 14.2. The van der Waals surface area contributed by atoms with Crippen LogP contribution in [0, 0.1) is 0 Å². The van der Waals surface area contributed by atoms with Crippen molar-refractivity contribution in [3.05, 3.63) is 82.8 Å². The van der Waals surface area contributed by atoms with Crippen LogP contribution in [0.2, 0.25) is 10.0 Å². The van der Waals surface area contributed by atoms with Crippen molar-refractivity contribution in [3.63, 3.8) is 0 Å². The van der Waals surface area contributed by atoms with Gasteiger partial charge >= 0.3 is 0 Å². The van der Waals surface area contributed by atoms with Crippen molar-refractivity contribution < 1.29 is 10.8 Å². The fourth-order valence-corrected chi connectivity index (χ4v) is 7.74. The average molecular weight is 771 g/mol. The van der Waals surface area contributed by atoms with Gasteiger partial charge in [-0.15, -0.1) is 0 Å². The first-order chi connectivity index (χ1) is 27.0. The van der Waals surface area contributed by atoms with Crippen molar-refractivity contribution in [1.82, 2.24) is 9.97 Å². The van der Waals surface area contributed by atoms with Crippen LogP contribution in [-0.2, 0) is 0 Å². The van der Waals surface area contributed by atoms with Crippen LogP contribution in [0.5, 0.6) is 11.5 Å². The molecule has 0 radical (unpaired) electrons. The first-order valence-electron chi connectivity index (χ1n) is 20.7. The zero-order valence-electron chi connectivity index (χ0n) is 33.4. The number of hydrogen-bond acceptors (Lipinski definition) is 6. The standard InChI is InChI=1S/C45H54Cl2N4O2.CH4/c1-52-34-20-24-40-38(30-34)44(36-22-18-32(46)28-42(36)50-40)48-26-16-14-12-10-8-6-4-3-5-7-9-11-13-15-17-27-49-45-37-23-19-33(47)29-43(37)51-41-25-21-35(53-2)31-39(41)45;/h18-25,28-31H,3-17,26-27H2,1-2H3,(H,48,50)(H,49,51);1H4/i;1D. The minimum absolute atomic E-state index is 0.704. The van der Waals surface area contributed by atoms with E-state index in [1.807, 2.05) is 48.5 Å². The van der Waals surface area contributed by atoms with Crippen molar-refractivity contribution in [3.8, 4) is 11.5 Å². The smallest absolute Gasteiger partial charge is 0.119 e. The van der Waals surface area contributed by atoms with Crippen LogP contribution in [0.1, 0.15) is 105 Å². The molecule has 0 aliphatic carbocycles. The molecule has 288 valence electrons. The number of nitrogens with zero attached hydrogens (tertiary/aromatic N) is 2. The third kappa shape index (κ3) is 11.0. The number of aromatic nitrogens is 2. The minimum atomic E-state index is 0.704. The lowest BCUT2D eigenvalue weighted by molar-refractivity contribution is 0.415. The number of anilines is 2. The highest BCUT2D eigenvalue weighted by Crippen LogP contribution is 2.36. The van der Waals surface area contributed by atoms with Gasteiger partial charge in [0.1, 0.15) is 11.5 Å². The third-order valence-corrected chi connectivity index (χ3v) is 10.8. The summed E-state index contributed by atoms with van der Waals surface area (Å²) < 4.78 is 16.8. The Labute approximate surface area is 333 Å². The van der Waals surface area contributed by atoms with Crippen molar-refractivity contribution >= 4 is 78.2 Å². The number of halogens is 2. The fraction of sp³-hybridized carbons (Fsp3) is 0.435. The Morgan fingerprint density at radius 2 is 0.815 bits per heavy atom. The van der Waals surface area contributed by atoms with Crippen molar-refractivity contribution in [2.75, 3.05) is 37.9 Å². The maximum atomic E-state index is 6.28. The summed E-state index contributed by atoms with van der Waals surface area (Å²) in [5.41, 5.74) is 5.95. The minimum Gasteiger partial charge on any atom is -0.497 e. The van der Waals surface area contributed by atoms with Crippen molar-refractivity contribution in [2.45, 2.75) is 104 Å². The number of ether oxygens (including phenoxy) is 2. The van der Waals surface area contributed by atoms with Crippen LogP contribution < -0.4 is 20.1 Å². The molecule has 6 rings (SSSR count). The summed E-state index contributed by atoms with van der Waals surface area (Å²) in [6.45, 7) is 1.88. The number of methoxy groups -OCH3 is 2. The molecule has 0 aliphatic rings. The summed E-state index contributed by atoms with van der Waals surface area (Å²) in [5.74, 6) is 1.68. The molecule has 0 spiro atoms. The first kappa shape index (κ1) is 39.7. The monoisotopic (exact) mass is 769 g/mol. The summed E-state index contributed by atoms with van der Waals surface area (Å²) in [6.07, 6.45) is 19.7. The molecule has 0 saturated heterocycles. The first-order valence-corrected chi connectivity index (χ1v) is 20.4. The maximum Gasteiger partial charge on any atom is 0.119 e. The van der Waals surface area contributed by atoms with Crippen LogP contribution in [0.3, 0.4) is 0 Å². The quantitative estimate of drug-likeness (QED) is 0.0529. The van der Waals surface area contributed by atoms with Gasteiger partial charge in [0.2, 0.25) is 0 Å². The molecular formula is C46H58Cl2N4O2. The number of fused-ring (bicyclic) bond motifs is 4. The van der Waals surface area contributed by atoms with Gasteiger partial charge in [-0.1, -0.05) is 114 Å². The molecule has 0 bridgehead atoms. The molecule has 2 aromatic heterocycles. The molecule has 54 heavy (non-hydrogen) atoms. The third-order valence-electron chi connectivity index (χ3n) is 10.3. The summed E-state index contributed by atoms with van der Waals surface area (Å²) in [4.78, 5) is 9.69. The average Bonchev–Trinajstić information content (AvgIpc) is 3.21. The van der Waals surface area contributed by atoms with Crippen molar-refractivity contribution in [1.29, 1.82) is 0 Å². The van der Waals surface area contributed by atoms with E-state index in [2.05, 4.69) is 34.9 Å². The van der Waals surface area contributed by atoms with Gasteiger partial charge in [-0.25, -0.2) is 9.97 Å². The van der Waals surface area contributed by atoms with Gasteiger partial charge in [0.15, 0.2) is 0 Å². The highest BCUT2D eigenvalue weighted by atomic mass is 35.5. The Kier molecular flexibility index (Phi) is 15.6. The molecule has 6 nitrogen and oxygen atoms in total. The zero-order valence-corrected chi connectivity index (χ0v) is 33.9. The Hall–Kier alpha value is -4.00. The van der Waals surface area contributed by atoms with E-state index in [0.29, 0.717) is 10.0 Å². The molecule has 8 heteroatoms. The van der Waals surface area contributed by atoms with Gasteiger partial charge in [0, 0.05) is 46.1 Å². The molecule has 0 fully saturated rings. The van der Waals surface area contributed by atoms with Crippen LogP contribution in [0.25, 0.3) is 43.6 Å². The number of pyridine rings is 2. The van der Waals surface area contributed by atoms with E-state index in [1.165, 1.54) is 90.9 Å². The van der Waals surface area contributed by atoms with Crippen LogP contribution in [0.4, 0.5) is 11.4 Å². The number of rotatable bonds is 22. The van der Waals surface area contributed by atoms with E-state index >= 15 is 0 Å². The Morgan fingerprint density at radius 1 is 0.463 bits per heavy atom. The molecule has 2 N–H and O–H groups in total. The Balaban J connectivity index is 0.00000285. The van der Waals surface area contributed by atoms with E-state index in [4.69, 9.17) is 44.0 Å². The molecule has 0 amide bonds. The number of unbranched alkanes of at least 4 members (excludes halogenated alkanes) is 14. The van der Waals surface area contributed by atoms with E-state index in [1.54, 1.807) is 14.2 Å². The fourth-order valence-electron chi connectivity index (χ4n) is 7.40. The van der Waals surface area contributed by atoms with Gasteiger partial charge in [-0.2, -0.15) is 0 Å². The van der Waals surface area contributed by atoms with Crippen LogP contribution in [0.15, 0.2) is 72.8 Å². The Bertz CT molecular complexity index is 1960. The van der Waals surface area contributed by atoms with Gasteiger partial charge in [0.05, 0.1) is 47.7 Å². The molecule has 0 atom stereocenters. The lowest BCUT2D eigenvalue weighted by Gasteiger charge is -2.14. The van der Waals surface area contributed by atoms with Crippen molar-refractivity contribution in [2.24, 2.45) is 0 Å². The number of hydrogen-bond donors (Lipinski definition) is 2. The summed E-state index contributed by atoms with van der Waals surface area (Å²) in [6, 6.07) is 24.0. The van der Waals surface area contributed by atoms with E-state index in [9.17, 15) is 0 Å². The molecular weight excluding hydrogens is 711 g/mol. The Morgan fingerprint density at radius 3 is 1.17 bits per heavy atom. The predicted octanol–water partition coefficient (Wildman–Crippen LogP) is 14.4. The second kappa shape index (κ2) is 21.2. The lowest BCUT2D eigenvalue weighted by atomic mass is 10.0. The number of benzene rings is 4. The normalized spacial score (nSPS) is 11.5. The summed E-state index contributed by atoms with van der Waals surface area (Å²) >= 11 is 12.6. The molecule has 6 aromatic rings. The van der Waals surface area contributed by atoms with Gasteiger partial charge in [-0.05, 0) is 85.6 Å². The maximum absolute atomic E-state index is 6.28. The summed E-state index contributed by atoms with van der Waals surface area (Å²) in [7, 11) is 4.66. The molecule has 0 unspecified atom stereocenters. The van der Waals surface area contributed by atoms with E-state index in [-0.39, 0.29) is 0 Å². The molecule has 0 saturated carbocycles. The lowest BCUT2D eigenvalue weighted by Crippen LogP contribution is -2.04.